The number of carbonyl (C=O) groups is 3. The maximum atomic E-state index is 12.6. The van der Waals surface area contributed by atoms with E-state index in [1.54, 1.807) is 57.4 Å². The van der Waals surface area contributed by atoms with Gasteiger partial charge in [-0.2, -0.15) is 5.10 Å². The van der Waals surface area contributed by atoms with Crippen LogP contribution >= 0.6 is 34.2 Å². The minimum Gasteiger partial charge on any atom is -0.493 e. The standard InChI is InChI=1S/C32H32ClIN4O8/c1-5-44-31(40)28-18(2)36-32(41)37-29(28)21-8-11-24(25(14-21)42-3)45-17-27(39)38-35-15-20-12-23(34)30(26(13-20)43-4)46-16-19-6-9-22(33)10-7-19/h6-15,29H,5,16-17H2,1-4H3,(H,38,39)(H2,36,37,41)/b35-15+/t29-/m1/s1. The normalized spacial score (nSPS) is 14.3. The Balaban J connectivity index is 1.37. The number of rotatable bonds is 13. The molecule has 3 aromatic rings. The van der Waals surface area contributed by atoms with E-state index in [0.29, 0.717) is 45.7 Å². The average molecular weight is 763 g/mol. The van der Waals surface area contributed by atoms with Crippen LogP contribution in [-0.2, 0) is 20.9 Å². The molecule has 0 saturated carbocycles. The second-order valence-electron chi connectivity index (χ2n) is 9.73. The third kappa shape index (κ3) is 8.81. The van der Waals surface area contributed by atoms with E-state index in [0.717, 1.165) is 9.13 Å². The van der Waals surface area contributed by atoms with Gasteiger partial charge in [-0.25, -0.2) is 15.0 Å². The van der Waals surface area contributed by atoms with Gasteiger partial charge in [0.15, 0.2) is 29.6 Å². The van der Waals surface area contributed by atoms with Gasteiger partial charge >= 0.3 is 12.0 Å². The molecule has 0 saturated heterocycles. The molecule has 12 nitrogen and oxygen atoms in total. The third-order valence-electron chi connectivity index (χ3n) is 6.60. The van der Waals surface area contributed by atoms with Crippen LogP contribution in [0.5, 0.6) is 23.0 Å². The number of amides is 3. The number of halogens is 2. The maximum absolute atomic E-state index is 12.6. The molecule has 242 valence electrons. The molecule has 3 aromatic carbocycles. The molecule has 0 aromatic heterocycles. The van der Waals surface area contributed by atoms with E-state index in [9.17, 15) is 14.4 Å². The SMILES string of the molecule is CCOC(=O)C1=C(C)NC(=O)N[C@@H]1c1ccc(OCC(=O)N/N=C/c2cc(I)c(OCc3ccc(Cl)cc3)c(OC)c2)c(OC)c1. The molecule has 0 spiro atoms. The van der Waals surface area contributed by atoms with Crippen molar-refractivity contribution in [1.82, 2.24) is 16.1 Å². The summed E-state index contributed by atoms with van der Waals surface area (Å²) >= 11 is 8.10. The summed E-state index contributed by atoms with van der Waals surface area (Å²) in [6.45, 7) is 3.48. The van der Waals surface area contributed by atoms with Crippen molar-refractivity contribution in [3.8, 4) is 23.0 Å². The van der Waals surface area contributed by atoms with E-state index in [1.807, 2.05) is 18.2 Å². The van der Waals surface area contributed by atoms with Crippen LogP contribution in [0.1, 0.15) is 36.6 Å². The Morgan fingerprint density at radius 2 is 1.76 bits per heavy atom. The van der Waals surface area contributed by atoms with Gasteiger partial charge in [-0.15, -0.1) is 0 Å². The molecule has 0 unspecified atom stereocenters. The summed E-state index contributed by atoms with van der Waals surface area (Å²) < 4.78 is 28.6. The van der Waals surface area contributed by atoms with Crippen molar-refractivity contribution in [3.63, 3.8) is 0 Å². The number of esters is 1. The zero-order valence-electron chi connectivity index (χ0n) is 25.4. The van der Waals surface area contributed by atoms with Gasteiger partial charge in [-0.1, -0.05) is 29.8 Å². The molecule has 0 aliphatic carbocycles. The highest BCUT2D eigenvalue weighted by Gasteiger charge is 2.32. The lowest BCUT2D eigenvalue weighted by Crippen LogP contribution is -2.45. The first kappa shape index (κ1) is 34.4. The Labute approximate surface area is 284 Å². The van der Waals surface area contributed by atoms with Crippen molar-refractivity contribution in [2.24, 2.45) is 5.10 Å². The van der Waals surface area contributed by atoms with Crippen LogP contribution in [-0.4, -0.2) is 51.6 Å². The number of urea groups is 1. The molecule has 1 aliphatic rings. The van der Waals surface area contributed by atoms with Gasteiger partial charge in [0.25, 0.3) is 5.91 Å². The van der Waals surface area contributed by atoms with Gasteiger partial charge in [0.2, 0.25) is 0 Å². The molecule has 0 bridgehead atoms. The van der Waals surface area contributed by atoms with Gasteiger partial charge in [0, 0.05) is 10.7 Å². The van der Waals surface area contributed by atoms with Crippen LogP contribution in [0, 0.1) is 3.57 Å². The molecule has 1 aliphatic heterocycles. The maximum Gasteiger partial charge on any atom is 0.338 e. The van der Waals surface area contributed by atoms with Crippen LogP contribution in [0.25, 0.3) is 0 Å². The van der Waals surface area contributed by atoms with Crippen molar-refractivity contribution in [1.29, 1.82) is 0 Å². The monoisotopic (exact) mass is 762 g/mol. The van der Waals surface area contributed by atoms with E-state index in [2.05, 4.69) is 43.8 Å². The summed E-state index contributed by atoms with van der Waals surface area (Å²) in [5.74, 6) is 0.594. The minimum absolute atomic E-state index is 0.180. The third-order valence-corrected chi connectivity index (χ3v) is 7.65. The molecule has 0 fully saturated rings. The Morgan fingerprint density at radius 3 is 2.46 bits per heavy atom. The largest absolute Gasteiger partial charge is 0.493 e. The number of nitrogens with zero attached hydrogens (tertiary/aromatic N) is 1. The fourth-order valence-corrected chi connectivity index (χ4v) is 5.36. The summed E-state index contributed by atoms with van der Waals surface area (Å²) in [5, 5.41) is 10.0. The molecule has 1 atom stereocenters. The lowest BCUT2D eigenvalue weighted by atomic mass is 9.95. The molecular weight excluding hydrogens is 731 g/mol. The van der Waals surface area contributed by atoms with Gasteiger partial charge < -0.3 is 34.3 Å². The van der Waals surface area contributed by atoms with Gasteiger partial charge in [0.1, 0.15) is 6.61 Å². The second-order valence-corrected chi connectivity index (χ2v) is 11.3. The molecule has 0 radical (unpaired) electrons. The summed E-state index contributed by atoms with van der Waals surface area (Å²) in [5.41, 5.74) is 5.27. The molecule has 14 heteroatoms. The molecule has 1 heterocycles. The smallest absolute Gasteiger partial charge is 0.338 e. The number of benzene rings is 3. The topological polar surface area (TPSA) is 146 Å². The predicted molar refractivity (Wildman–Crippen MR) is 179 cm³/mol. The zero-order valence-corrected chi connectivity index (χ0v) is 28.4. The number of carbonyl (C=O) groups excluding carboxylic acids is 3. The number of nitrogens with one attached hydrogen (secondary N) is 3. The van der Waals surface area contributed by atoms with Gasteiger partial charge in [0.05, 0.1) is 42.2 Å². The van der Waals surface area contributed by atoms with E-state index in [4.69, 9.17) is 35.3 Å². The Morgan fingerprint density at radius 1 is 1.02 bits per heavy atom. The van der Waals surface area contributed by atoms with Crippen LogP contribution in [0.3, 0.4) is 0 Å². The molecular formula is C32H32ClIN4O8. The Bertz CT molecular complexity index is 1660. The van der Waals surface area contributed by atoms with E-state index >= 15 is 0 Å². The van der Waals surface area contributed by atoms with Crippen molar-refractivity contribution in [3.05, 3.63) is 91.2 Å². The highest BCUT2D eigenvalue weighted by Crippen LogP contribution is 2.35. The molecule has 3 amide bonds. The quantitative estimate of drug-likeness (QED) is 0.0926. The first-order chi connectivity index (χ1) is 22.1. The first-order valence-corrected chi connectivity index (χ1v) is 15.4. The van der Waals surface area contributed by atoms with Crippen molar-refractivity contribution >= 4 is 58.3 Å². The highest BCUT2D eigenvalue weighted by atomic mass is 127. The number of ether oxygens (including phenoxy) is 5. The molecule has 4 rings (SSSR count). The highest BCUT2D eigenvalue weighted by molar-refractivity contribution is 14.1. The molecule has 3 N–H and O–H groups in total. The van der Waals surface area contributed by atoms with Gasteiger partial charge in [-0.3, -0.25) is 4.79 Å². The van der Waals surface area contributed by atoms with E-state index in [-0.39, 0.29) is 24.5 Å². The van der Waals surface area contributed by atoms with Crippen LogP contribution in [0.2, 0.25) is 5.02 Å². The Kier molecular flexibility index (Phi) is 12.1. The molecule has 46 heavy (non-hydrogen) atoms. The van der Waals surface area contributed by atoms with Crippen molar-refractivity contribution in [2.75, 3.05) is 27.4 Å². The summed E-state index contributed by atoms with van der Waals surface area (Å²) in [6, 6.07) is 14.6. The van der Waals surface area contributed by atoms with Crippen LogP contribution < -0.4 is 35.0 Å². The number of hydrogen-bond donors (Lipinski definition) is 3. The second kappa shape index (κ2) is 16.2. The lowest BCUT2D eigenvalue weighted by Gasteiger charge is -2.28. The summed E-state index contributed by atoms with van der Waals surface area (Å²) in [7, 11) is 2.98. The van der Waals surface area contributed by atoms with E-state index < -0.39 is 23.9 Å². The summed E-state index contributed by atoms with van der Waals surface area (Å²) in [4.78, 5) is 37.3. The first-order valence-electron chi connectivity index (χ1n) is 14.0. The number of allylic oxidation sites excluding steroid dienone is 1. The van der Waals surface area contributed by atoms with Crippen LogP contribution in [0.4, 0.5) is 4.79 Å². The van der Waals surface area contributed by atoms with Crippen molar-refractivity contribution < 1.29 is 38.1 Å². The predicted octanol–water partition coefficient (Wildman–Crippen LogP) is 5.26. The fraction of sp³-hybridized carbons (Fsp3) is 0.250. The van der Waals surface area contributed by atoms with Crippen LogP contribution in [0.15, 0.2) is 71.0 Å². The lowest BCUT2D eigenvalue weighted by molar-refractivity contribution is -0.139. The average Bonchev–Trinajstić information content (AvgIpc) is 3.03. The van der Waals surface area contributed by atoms with Gasteiger partial charge in [-0.05, 0) is 89.5 Å². The number of hydrogen-bond acceptors (Lipinski definition) is 9. The van der Waals surface area contributed by atoms with E-state index in [1.165, 1.54) is 13.3 Å². The Hall–Kier alpha value is -4.50. The zero-order chi connectivity index (χ0) is 33.2. The summed E-state index contributed by atoms with van der Waals surface area (Å²) in [6.07, 6.45) is 1.48. The number of methoxy groups -OCH3 is 2. The fourth-order valence-electron chi connectivity index (χ4n) is 4.45. The number of hydrazone groups is 1. The minimum atomic E-state index is -0.779. The van der Waals surface area contributed by atoms with Crippen molar-refractivity contribution in [2.45, 2.75) is 26.5 Å².